The van der Waals surface area contributed by atoms with Gasteiger partial charge in [0.05, 0.1) is 55.4 Å². The van der Waals surface area contributed by atoms with Gasteiger partial charge in [0.1, 0.15) is 11.1 Å². The van der Waals surface area contributed by atoms with Crippen LogP contribution < -0.4 is 9.64 Å². The van der Waals surface area contributed by atoms with Crippen LogP contribution in [0.25, 0.3) is 4.91 Å². The van der Waals surface area contributed by atoms with Gasteiger partial charge in [0.15, 0.2) is 11.6 Å². The van der Waals surface area contributed by atoms with Crippen LogP contribution in [0, 0.1) is 34.3 Å². The number of methoxy groups -OCH3 is 1. The van der Waals surface area contributed by atoms with Gasteiger partial charge in [-0.25, -0.2) is 18.5 Å². The molecule has 2 aliphatic rings. The molecule has 0 N–H and O–H groups in total. The molecule has 33 heavy (non-hydrogen) atoms. The van der Waals surface area contributed by atoms with E-state index in [1.54, 1.807) is 6.08 Å². The number of carbonyl (C=O) groups excluding carboxylic acids is 2. The number of halogens is 2. The second-order valence-electron chi connectivity index (χ2n) is 7.12. The van der Waals surface area contributed by atoms with Gasteiger partial charge in [0, 0.05) is 23.1 Å². The van der Waals surface area contributed by atoms with Crippen LogP contribution in [-0.2, 0) is 4.79 Å². The molecule has 1 aromatic carbocycles. The SMILES string of the molecule is COc1cc(C2=CC3C(S2)C(=O)N(c2cncc(F)c2)C(=O)N3CCC#N)c(C#N)cc1F. The van der Waals surface area contributed by atoms with Gasteiger partial charge in [-0.15, -0.1) is 11.8 Å². The van der Waals surface area contributed by atoms with Gasteiger partial charge in [0.25, 0.3) is 5.91 Å². The minimum atomic E-state index is -0.817. The van der Waals surface area contributed by atoms with Crippen molar-refractivity contribution in [2.45, 2.75) is 17.7 Å². The first-order valence-electron chi connectivity index (χ1n) is 9.68. The number of rotatable bonds is 5. The third-order valence-electron chi connectivity index (χ3n) is 5.24. The minimum Gasteiger partial charge on any atom is -0.494 e. The number of hydrogen-bond donors (Lipinski definition) is 0. The molecule has 4 rings (SSSR count). The summed E-state index contributed by atoms with van der Waals surface area (Å²) < 4.78 is 32.9. The number of anilines is 1. The van der Waals surface area contributed by atoms with Crippen molar-refractivity contribution in [2.75, 3.05) is 18.6 Å². The smallest absolute Gasteiger partial charge is 0.332 e. The van der Waals surface area contributed by atoms with Crippen LogP contribution in [-0.4, -0.2) is 46.8 Å². The number of imide groups is 1. The molecule has 166 valence electrons. The lowest BCUT2D eigenvalue weighted by atomic mass is 10.0. The van der Waals surface area contributed by atoms with Crippen molar-refractivity contribution in [1.82, 2.24) is 9.88 Å². The highest BCUT2D eigenvalue weighted by Crippen LogP contribution is 2.46. The fourth-order valence-electron chi connectivity index (χ4n) is 3.75. The molecule has 3 heterocycles. The van der Waals surface area contributed by atoms with E-state index >= 15 is 0 Å². The van der Waals surface area contributed by atoms with Crippen molar-refractivity contribution in [3.63, 3.8) is 0 Å². The first kappa shape index (κ1) is 22.2. The summed E-state index contributed by atoms with van der Waals surface area (Å²) in [6.45, 7) is 0.0329. The van der Waals surface area contributed by atoms with Crippen LogP contribution in [0.15, 0.2) is 36.7 Å². The predicted octanol–water partition coefficient (Wildman–Crippen LogP) is 3.45. The van der Waals surface area contributed by atoms with Crippen LogP contribution in [0.4, 0.5) is 19.3 Å². The Balaban J connectivity index is 1.78. The van der Waals surface area contributed by atoms with E-state index in [9.17, 15) is 23.6 Å². The number of carbonyl (C=O) groups is 2. The third-order valence-corrected chi connectivity index (χ3v) is 6.58. The number of aromatic nitrogens is 1. The number of pyridine rings is 1. The molecule has 1 aromatic heterocycles. The first-order valence-corrected chi connectivity index (χ1v) is 10.6. The highest BCUT2D eigenvalue weighted by atomic mass is 32.2. The van der Waals surface area contributed by atoms with Gasteiger partial charge in [-0.1, -0.05) is 0 Å². The van der Waals surface area contributed by atoms with Crippen LogP contribution >= 0.6 is 11.8 Å². The Morgan fingerprint density at radius 1 is 1.21 bits per heavy atom. The number of ether oxygens (including phenoxy) is 1. The first-order chi connectivity index (χ1) is 15.9. The lowest BCUT2D eigenvalue weighted by molar-refractivity contribution is -0.119. The molecule has 2 aromatic rings. The van der Waals surface area contributed by atoms with Crippen molar-refractivity contribution >= 4 is 34.3 Å². The average Bonchev–Trinajstić information content (AvgIpc) is 3.24. The monoisotopic (exact) mass is 467 g/mol. The number of benzene rings is 1. The number of urea groups is 1. The Hall–Kier alpha value is -3.96. The minimum absolute atomic E-state index is 0.0139. The molecule has 0 aliphatic carbocycles. The Labute approximate surface area is 191 Å². The van der Waals surface area contributed by atoms with Gasteiger partial charge < -0.3 is 9.64 Å². The van der Waals surface area contributed by atoms with E-state index in [0.717, 1.165) is 35.0 Å². The molecule has 2 atom stereocenters. The molecule has 0 radical (unpaired) electrons. The summed E-state index contributed by atoms with van der Waals surface area (Å²) in [5, 5.41) is 17.7. The van der Waals surface area contributed by atoms with Crippen molar-refractivity contribution in [3.8, 4) is 17.9 Å². The summed E-state index contributed by atoms with van der Waals surface area (Å²) >= 11 is 1.10. The number of fused-ring (bicyclic) bond motifs is 1. The van der Waals surface area contributed by atoms with Gasteiger partial charge >= 0.3 is 6.03 Å². The van der Waals surface area contributed by atoms with E-state index in [2.05, 4.69) is 4.98 Å². The maximum absolute atomic E-state index is 14.1. The lowest BCUT2D eigenvalue weighted by Gasteiger charge is -2.40. The van der Waals surface area contributed by atoms with E-state index in [1.165, 1.54) is 24.3 Å². The normalized spacial score (nSPS) is 19.6. The second-order valence-corrected chi connectivity index (χ2v) is 8.31. The van der Waals surface area contributed by atoms with Crippen LogP contribution in [0.3, 0.4) is 0 Å². The van der Waals surface area contributed by atoms with E-state index in [0.29, 0.717) is 10.5 Å². The van der Waals surface area contributed by atoms with E-state index in [4.69, 9.17) is 10.00 Å². The predicted molar refractivity (Wildman–Crippen MR) is 115 cm³/mol. The van der Waals surface area contributed by atoms with Crippen LogP contribution in [0.2, 0.25) is 0 Å². The molecule has 11 heteroatoms. The summed E-state index contributed by atoms with van der Waals surface area (Å²) in [7, 11) is 1.29. The van der Waals surface area contributed by atoms with Crippen molar-refractivity contribution < 1.29 is 23.1 Å². The summed E-state index contributed by atoms with van der Waals surface area (Å²) in [5.74, 6) is -2.08. The van der Waals surface area contributed by atoms with Gasteiger partial charge in [-0.2, -0.15) is 10.5 Å². The topological polar surface area (TPSA) is 110 Å². The van der Waals surface area contributed by atoms with E-state index < -0.39 is 34.9 Å². The lowest BCUT2D eigenvalue weighted by Crippen LogP contribution is -2.62. The maximum Gasteiger partial charge on any atom is 0.332 e. The zero-order chi connectivity index (χ0) is 23.7. The molecule has 1 fully saturated rings. The number of amides is 3. The zero-order valence-corrected chi connectivity index (χ0v) is 18.0. The highest BCUT2D eigenvalue weighted by molar-refractivity contribution is 8.09. The molecule has 2 unspecified atom stereocenters. The van der Waals surface area contributed by atoms with E-state index in [1.807, 2.05) is 12.1 Å². The van der Waals surface area contributed by atoms with Crippen LogP contribution in [0.5, 0.6) is 5.75 Å². The molecule has 0 bridgehead atoms. The van der Waals surface area contributed by atoms with E-state index in [-0.39, 0.29) is 30.0 Å². The molecule has 0 saturated carbocycles. The number of nitriles is 2. The molecule has 1 saturated heterocycles. The van der Waals surface area contributed by atoms with Gasteiger partial charge in [-0.3, -0.25) is 9.78 Å². The largest absolute Gasteiger partial charge is 0.494 e. The maximum atomic E-state index is 14.1. The van der Waals surface area contributed by atoms with Crippen molar-refractivity contribution in [2.24, 2.45) is 0 Å². The number of thioether (sulfide) groups is 1. The Bertz CT molecular complexity index is 1270. The standard InChI is InChI=1S/C22H15F2N5O3S/c1-32-18-7-15(12(9-26)5-16(18)24)19-8-17-20(33-19)21(30)29(14-6-13(23)10-27-11-14)22(31)28(17)4-2-3-25/h5-8,10-11,17,20H,2,4H2,1H3. The Morgan fingerprint density at radius 3 is 2.67 bits per heavy atom. The Kier molecular flexibility index (Phi) is 5.99. The average molecular weight is 467 g/mol. The van der Waals surface area contributed by atoms with Crippen LogP contribution in [0.1, 0.15) is 17.5 Å². The molecule has 3 amide bonds. The number of nitrogens with zero attached hydrogens (tertiary/aromatic N) is 5. The molecule has 2 aliphatic heterocycles. The fraction of sp³-hybridized carbons (Fsp3) is 0.227. The van der Waals surface area contributed by atoms with Crippen molar-refractivity contribution in [1.29, 1.82) is 10.5 Å². The summed E-state index contributed by atoms with van der Waals surface area (Å²) in [6, 6.07) is 5.93. The summed E-state index contributed by atoms with van der Waals surface area (Å²) in [4.78, 5) is 32.9. The van der Waals surface area contributed by atoms with Crippen molar-refractivity contribution in [3.05, 3.63) is 59.4 Å². The summed E-state index contributed by atoms with van der Waals surface area (Å²) in [5.41, 5.74) is 0.370. The van der Waals surface area contributed by atoms with Gasteiger partial charge in [-0.05, 0) is 18.2 Å². The van der Waals surface area contributed by atoms with Gasteiger partial charge in [0.2, 0.25) is 0 Å². The zero-order valence-electron chi connectivity index (χ0n) is 17.2. The highest BCUT2D eigenvalue weighted by Gasteiger charge is 2.49. The molecular formula is C22H15F2N5O3S. The molecule has 8 nitrogen and oxygen atoms in total. The third kappa shape index (κ3) is 3.88. The Morgan fingerprint density at radius 2 is 2.00 bits per heavy atom. The molecule has 0 spiro atoms. The molecular weight excluding hydrogens is 452 g/mol. The number of hydrogen-bond acceptors (Lipinski definition) is 7. The summed E-state index contributed by atoms with van der Waals surface area (Å²) in [6.07, 6.45) is 3.82. The fourth-order valence-corrected chi connectivity index (χ4v) is 5.11. The quantitative estimate of drug-likeness (QED) is 0.662. The second kappa shape index (κ2) is 8.88.